The molecule has 0 saturated heterocycles. The molecule has 0 atom stereocenters. The zero-order valence-corrected chi connectivity index (χ0v) is 11.0. The third-order valence-corrected chi connectivity index (χ3v) is 2.54. The summed E-state index contributed by atoms with van der Waals surface area (Å²) in [5.74, 6) is -2.19. The molecular weight excluding hydrogens is 263 g/mol. The minimum Gasteiger partial charge on any atom is -0.480 e. The van der Waals surface area contributed by atoms with Gasteiger partial charge >= 0.3 is 12.1 Å². The summed E-state index contributed by atoms with van der Waals surface area (Å²) in [6.07, 6.45) is -0.357. The van der Waals surface area contributed by atoms with Crippen LogP contribution < -0.4 is 0 Å². The minimum atomic E-state index is -4.58. The van der Waals surface area contributed by atoms with Crippen molar-refractivity contribution in [1.82, 2.24) is 4.90 Å². The highest BCUT2D eigenvalue weighted by Gasteiger charge is 2.33. The molecule has 1 amide bonds. The van der Waals surface area contributed by atoms with E-state index in [9.17, 15) is 22.8 Å². The molecule has 0 radical (unpaired) electrons. The second-order valence-electron chi connectivity index (χ2n) is 4.42. The number of hydrogen-bond donors (Lipinski definition) is 1. The summed E-state index contributed by atoms with van der Waals surface area (Å²) < 4.78 is 36.7. The molecule has 0 aromatic carbocycles. The first-order chi connectivity index (χ1) is 8.76. The average molecular weight is 283 g/mol. The van der Waals surface area contributed by atoms with Crippen molar-refractivity contribution in [2.24, 2.45) is 0 Å². The first-order valence-corrected chi connectivity index (χ1v) is 6.32. The molecule has 0 aliphatic heterocycles. The molecule has 4 nitrogen and oxygen atoms in total. The number of carbonyl (C=O) groups is 2. The Bertz CT molecular complexity index is 292. The van der Waals surface area contributed by atoms with Crippen LogP contribution in [0.5, 0.6) is 0 Å². The molecule has 0 rings (SSSR count). The van der Waals surface area contributed by atoms with E-state index in [0.29, 0.717) is 11.3 Å². The molecule has 19 heavy (non-hydrogen) atoms. The smallest absolute Gasteiger partial charge is 0.406 e. The number of hydrogen-bond acceptors (Lipinski definition) is 2. The predicted molar refractivity (Wildman–Crippen MR) is 63.6 cm³/mol. The van der Waals surface area contributed by atoms with Crippen LogP contribution in [-0.2, 0) is 9.59 Å². The third kappa shape index (κ3) is 10.3. The van der Waals surface area contributed by atoms with E-state index in [1.807, 2.05) is 6.92 Å². The van der Waals surface area contributed by atoms with E-state index in [1.54, 1.807) is 0 Å². The fraction of sp³-hybridized carbons (Fsp3) is 0.833. The number of carboxylic acids is 1. The summed E-state index contributed by atoms with van der Waals surface area (Å²) in [4.78, 5) is 22.4. The third-order valence-electron chi connectivity index (χ3n) is 2.54. The summed E-state index contributed by atoms with van der Waals surface area (Å²) in [6.45, 7) is -0.385. The van der Waals surface area contributed by atoms with Crippen molar-refractivity contribution < 1.29 is 27.9 Å². The van der Waals surface area contributed by atoms with Crippen LogP contribution in [0.1, 0.15) is 45.4 Å². The van der Waals surface area contributed by atoms with Crippen LogP contribution >= 0.6 is 0 Å². The topological polar surface area (TPSA) is 57.6 Å². The molecule has 1 N–H and O–H groups in total. The van der Waals surface area contributed by atoms with Gasteiger partial charge in [-0.05, 0) is 6.42 Å². The van der Waals surface area contributed by atoms with Gasteiger partial charge in [-0.2, -0.15) is 13.2 Å². The Morgan fingerprint density at radius 3 is 2.16 bits per heavy atom. The Hall–Kier alpha value is -1.27. The van der Waals surface area contributed by atoms with Gasteiger partial charge < -0.3 is 10.0 Å². The van der Waals surface area contributed by atoms with E-state index in [-0.39, 0.29) is 6.42 Å². The van der Waals surface area contributed by atoms with Crippen molar-refractivity contribution in [3.63, 3.8) is 0 Å². The SMILES string of the molecule is CCCCCCCC(=O)N(CC(=O)O)CC(F)(F)F. The van der Waals surface area contributed by atoms with Gasteiger partial charge in [-0.1, -0.05) is 32.6 Å². The molecule has 7 heteroatoms. The highest BCUT2D eigenvalue weighted by molar-refractivity contribution is 5.81. The largest absolute Gasteiger partial charge is 0.480 e. The summed E-state index contributed by atoms with van der Waals surface area (Å²) in [5, 5.41) is 8.51. The van der Waals surface area contributed by atoms with Crippen LogP contribution in [-0.4, -0.2) is 41.1 Å². The maximum absolute atomic E-state index is 12.2. The quantitative estimate of drug-likeness (QED) is 0.662. The first-order valence-electron chi connectivity index (χ1n) is 6.32. The number of carbonyl (C=O) groups excluding carboxylic acids is 1. The van der Waals surface area contributed by atoms with E-state index >= 15 is 0 Å². The molecule has 0 aromatic heterocycles. The van der Waals surface area contributed by atoms with Crippen LogP contribution in [0.2, 0.25) is 0 Å². The predicted octanol–water partition coefficient (Wildman–Crippen LogP) is 2.82. The minimum absolute atomic E-state index is 0.0346. The van der Waals surface area contributed by atoms with Crippen molar-refractivity contribution in [2.45, 2.75) is 51.6 Å². The van der Waals surface area contributed by atoms with Crippen molar-refractivity contribution >= 4 is 11.9 Å². The van der Waals surface area contributed by atoms with Crippen LogP contribution in [0, 0.1) is 0 Å². The van der Waals surface area contributed by atoms with Crippen LogP contribution in [0.4, 0.5) is 13.2 Å². The molecule has 0 bridgehead atoms. The second kappa shape index (κ2) is 8.77. The van der Waals surface area contributed by atoms with Gasteiger partial charge in [0.05, 0.1) is 0 Å². The number of nitrogens with zero attached hydrogens (tertiary/aromatic N) is 1. The Morgan fingerprint density at radius 1 is 1.11 bits per heavy atom. The van der Waals surface area contributed by atoms with E-state index in [0.717, 1.165) is 25.7 Å². The van der Waals surface area contributed by atoms with Crippen molar-refractivity contribution in [1.29, 1.82) is 0 Å². The van der Waals surface area contributed by atoms with Gasteiger partial charge in [-0.3, -0.25) is 9.59 Å². The molecule has 0 heterocycles. The summed E-state index contributed by atoms with van der Waals surface area (Å²) in [7, 11) is 0. The molecule has 0 saturated carbocycles. The number of amides is 1. The summed E-state index contributed by atoms with van der Waals surface area (Å²) >= 11 is 0. The molecule has 0 fully saturated rings. The summed E-state index contributed by atoms with van der Waals surface area (Å²) in [6, 6.07) is 0. The lowest BCUT2D eigenvalue weighted by molar-refractivity contribution is -0.165. The maximum atomic E-state index is 12.2. The normalized spacial score (nSPS) is 11.4. The fourth-order valence-corrected chi connectivity index (χ4v) is 1.65. The van der Waals surface area contributed by atoms with E-state index in [4.69, 9.17) is 5.11 Å². The first kappa shape index (κ1) is 17.7. The van der Waals surface area contributed by atoms with Gasteiger partial charge in [0.1, 0.15) is 13.1 Å². The standard InChI is InChI=1S/C12H20F3NO3/c1-2-3-4-5-6-7-10(17)16(8-11(18)19)9-12(13,14)15/h2-9H2,1H3,(H,18,19). The van der Waals surface area contributed by atoms with E-state index < -0.39 is 31.1 Å². The lowest BCUT2D eigenvalue weighted by Crippen LogP contribution is -2.41. The van der Waals surface area contributed by atoms with Gasteiger partial charge in [-0.15, -0.1) is 0 Å². The fourth-order valence-electron chi connectivity index (χ4n) is 1.65. The lowest BCUT2D eigenvalue weighted by Gasteiger charge is -2.22. The highest BCUT2D eigenvalue weighted by atomic mass is 19.4. The van der Waals surface area contributed by atoms with Crippen molar-refractivity contribution in [3.05, 3.63) is 0 Å². The Kier molecular flexibility index (Phi) is 8.18. The van der Waals surface area contributed by atoms with Gasteiger partial charge in [0.15, 0.2) is 0 Å². The second-order valence-corrected chi connectivity index (χ2v) is 4.42. The number of alkyl halides is 3. The zero-order chi connectivity index (χ0) is 14.9. The zero-order valence-electron chi connectivity index (χ0n) is 11.0. The number of halogens is 3. The van der Waals surface area contributed by atoms with E-state index in [2.05, 4.69) is 0 Å². The van der Waals surface area contributed by atoms with Gasteiger partial charge in [-0.25, -0.2) is 0 Å². The van der Waals surface area contributed by atoms with Crippen molar-refractivity contribution in [3.8, 4) is 0 Å². The molecule has 0 aromatic rings. The molecular formula is C12H20F3NO3. The number of unbranched alkanes of at least 4 members (excludes halogenated alkanes) is 4. The van der Waals surface area contributed by atoms with Crippen LogP contribution in [0.3, 0.4) is 0 Å². The Morgan fingerprint density at radius 2 is 1.68 bits per heavy atom. The van der Waals surface area contributed by atoms with Crippen LogP contribution in [0.25, 0.3) is 0 Å². The maximum Gasteiger partial charge on any atom is 0.406 e. The van der Waals surface area contributed by atoms with Gasteiger partial charge in [0, 0.05) is 6.42 Å². The number of rotatable bonds is 9. The number of carboxylic acid groups (broad SMARTS) is 1. The summed E-state index contributed by atoms with van der Waals surface area (Å²) in [5.41, 5.74) is 0. The van der Waals surface area contributed by atoms with Gasteiger partial charge in [0.25, 0.3) is 0 Å². The lowest BCUT2D eigenvalue weighted by atomic mass is 10.1. The molecule has 0 aliphatic rings. The molecule has 0 aliphatic carbocycles. The molecule has 112 valence electrons. The molecule has 0 unspecified atom stereocenters. The number of aliphatic carboxylic acids is 1. The Labute approximate surface area is 110 Å². The highest BCUT2D eigenvalue weighted by Crippen LogP contribution is 2.17. The van der Waals surface area contributed by atoms with Crippen molar-refractivity contribution in [2.75, 3.05) is 13.1 Å². The average Bonchev–Trinajstić information content (AvgIpc) is 2.25. The Balaban J connectivity index is 4.19. The van der Waals surface area contributed by atoms with E-state index in [1.165, 1.54) is 0 Å². The van der Waals surface area contributed by atoms with Crippen LogP contribution in [0.15, 0.2) is 0 Å². The van der Waals surface area contributed by atoms with Gasteiger partial charge in [0.2, 0.25) is 5.91 Å². The monoisotopic (exact) mass is 283 g/mol. The molecule has 0 spiro atoms.